The molecule has 0 aromatic rings. The maximum absolute atomic E-state index is 11.3. The number of aliphatic carboxylic acids is 1. The van der Waals surface area contributed by atoms with Crippen LogP contribution in [0, 0.1) is 0 Å². The van der Waals surface area contributed by atoms with Gasteiger partial charge in [-0.1, -0.05) is 6.92 Å². The van der Waals surface area contributed by atoms with Crippen LogP contribution in [0.15, 0.2) is 0 Å². The first-order valence-corrected chi connectivity index (χ1v) is 6.87. The Labute approximate surface area is 110 Å². The van der Waals surface area contributed by atoms with Gasteiger partial charge in [-0.3, -0.25) is 4.79 Å². The van der Waals surface area contributed by atoms with E-state index in [2.05, 4.69) is 22.2 Å². The van der Waals surface area contributed by atoms with E-state index in [1.807, 2.05) is 6.92 Å². The Balaban J connectivity index is 2.44. The first-order valence-electron chi connectivity index (χ1n) is 6.87. The van der Waals surface area contributed by atoms with E-state index in [-0.39, 0.29) is 0 Å². The third-order valence-electron chi connectivity index (χ3n) is 3.78. The maximum Gasteiger partial charge on any atom is 0.323 e. The molecule has 1 unspecified atom stereocenters. The average Bonchev–Trinajstić information content (AvgIpc) is 2.52. The molecule has 18 heavy (non-hydrogen) atoms. The summed E-state index contributed by atoms with van der Waals surface area (Å²) < 4.78 is 0. The van der Waals surface area contributed by atoms with Gasteiger partial charge in [-0.25, -0.2) is 0 Å². The molecule has 1 aliphatic heterocycles. The summed E-state index contributed by atoms with van der Waals surface area (Å²) in [4.78, 5) is 16.0. The molecule has 0 bridgehead atoms. The fourth-order valence-corrected chi connectivity index (χ4v) is 2.37. The largest absolute Gasteiger partial charge is 0.480 e. The minimum absolute atomic E-state index is 0.653. The van der Waals surface area contributed by atoms with Crippen molar-refractivity contribution in [3.63, 3.8) is 0 Å². The monoisotopic (exact) mass is 257 g/mol. The summed E-state index contributed by atoms with van der Waals surface area (Å²) in [6.07, 6.45) is 1.82. The molecule has 2 N–H and O–H groups in total. The highest BCUT2D eigenvalue weighted by molar-refractivity contribution is 5.78. The van der Waals surface area contributed by atoms with Gasteiger partial charge in [0.05, 0.1) is 0 Å². The Morgan fingerprint density at radius 2 is 2.06 bits per heavy atom. The van der Waals surface area contributed by atoms with Crippen LogP contribution in [-0.2, 0) is 4.79 Å². The van der Waals surface area contributed by atoms with Gasteiger partial charge in [-0.2, -0.15) is 0 Å². The van der Waals surface area contributed by atoms with Crippen molar-refractivity contribution >= 4 is 5.97 Å². The van der Waals surface area contributed by atoms with Gasteiger partial charge in [-0.15, -0.1) is 0 Å². The number of hydrogen-bond donors (Lipinski definition) is 2. The molecule has 106 valence electrons. The van der Waals surface area contributed by atoms with E-state index in [0.717, 1.165) is 32.7 Å². The fourth-order valence-electron chi connectivity index (χ4n) is 2.37. The van der Waals surface area contributed by atoms with Gasteiger partial charge in [-0.05, 0) is 46.4 Å². The molecule has 0 aliphatic carbocycles. The molecule has 1 saturated heterocycles. The van der Waals surface area contributed by atoms with Gasteiger partial charge < -0.3 is 20.2 Å². The van der Waals surface area contributed by atoms with Gasteiger partial charge in [0.1, 0.15) is 5.54 Å². The lowest BCUT2D eigenvalue weighted by atomic mass is 9.97. The molecule has 5 nitrogen and oxygen atoms in total. The molecule has 0 amide bonds. The van der Waals surface area contributed by atoms with E-state index in [1.54, 1.807) is 6.92 Å². The van der Waals surface area contributed by atoms with E-state index in [4.69, 9.17) is 0 Å². The van der Waals surface area contributed by atoms with Crippen molar-refractivity contribution in [3.8, 4) is 0 Å². The van der Waals surface area contributed by atoms with Crippen molar-refractivity contribution in [2.24, 2.45) is 0 Å². The standard InChI is InChI=1S/C13H27N3O2/c1-4-14-13(2,12(17)18)6-9-16-8-5-7-15(3)10-11-16/h14H,4-11H2,1-3H3,(H,17,18). The van der Waals surface area contributed by atoms with Crippen LogP contribution in [0.1, 0.15) is 26.7 Å². The zero-order chi connectivity index (χ0) is 13.6. The fraction of sp³-hybridized carbons (Fsp3) is 0.923. The molecule has 0 aromatic carbocycles. The Morgan fingerprint density at radius 3 is 2.67 bits per heavy atom. The number of nitrogens with one attached hydrogen (secondary N) is 1. The molecule has 0 saturated carbocycles. The summed E-state index contributed by atoms with van der Waals surface area (Å²) in [6, 6.07) is 0. The molecular weight excluding hydrogens is 230 g/mol. The van der Waals surface area contributed by atoms with Crippen LogP contribution in [-0.4, -0.2) is 72.7 Å². The Kier molecular flexibility index (Phi) is 6.05. The molecule has 5 heteroatoms. The van der Waals surface area contributed by atoms with E-state index >= 15 is 0 Å². The summed E-state index contributed by atoms with van der Waals surface area (Å²) in [7, 11) is 2.14. The molecule has 1 rings (SSSR count). The number of nitrogens with zero attached hydrogens (tertiary/aromatic N) is 2. The normalized spacial score (nSPS) is 22.4. The molecule has 1 heterocycles. The summed E-state index contributed by atoms with van der Waals surface area (Å²) in [5.41, 5.74) is -0.799. The molecule has 1 fully saturated rings. The van der Waals surface area contributed by atoms with Gasteiger partial charge in [0.2, 0.25) is 0 Å². The topological polar surface area (TPSA) is 55.8 Å². The van der Waals surface area contributed by atoms with Crippen molar-refractivity contribution in [2.75, 3.05) is 46.3 Å². The Hall–Kier alpha value is -0.650. The number of hydrogen-bond acceptors (Lipinski definition) is 4. The van der Waals surface area contributed by atoms with Gasteiger partial charge in [0.25, 0.3) is 0 Å². The van der Waals surface area contributed by atoms with Gasteiger partial charge in [0, 0.05) is 19.6 Å². The minimum Gasteiger partial charge on any atom is -0.480 e. The van der Waals surface area contributed by atoms with Crippen molar-refractivity contribution in [1.29, 1.82) is 0 Å². The third kappa shape index (κ3) is 4.55. The van der Waals surface area contributed by atoms with Crippen LogP contribution < -0.4 is 5.32 Å². The number of carbonyl (C=O) groups is 1. The second kappa shape index (κ2) is 7.07. The zero-order valence-electron chi connectivity index (χ0n) is 11.9. The van der Waals surface area contributed by atoms with Gasteiger partial charge >= 0.3 is 5.97 Å². The number of rotatable bonds is 6. The van der Waals surface area contributed by atoms with Crippen LogP contribution in [0.4, 0.5) is 0 Å². The van der Waals surface area contributed by atoms with Crippen LogP contribution in [0.5, 0.6) is 0 Å². The number of carboxylic acids is 1. The third-order valence-corrected chi connectivity index (χ3v) is 3.78. The van der Waals surface area contributed by atoms with E-state index in [1.165, 1.54) is 6.42 Å². The lowest BCUT2D eigenvalue weighted by Crippen LogP contribution is -2.51. The second-order valence-electron chi connectivity index (χ2n) is 5.42. The van der Waals surface area contributed by atoms with E-state index in [9.17, 15) is 9.90 Å². The quantitative estimate of drug-likeness (QED) is 0.724. The zero-order valence-corrected chi connectivity index (χ0v) is 11.9. The summed E-state index contributed by atoms with van der Waals surface area (Å²) in [6.45, 7) is 9.59. The lowest BCUT2D eigenvalue weighted by Gasteiger charge is -2.29. The first-order chi connectivity index (χ1) is 8.48. The maximum atomic E-state index is 11.3. The Morgan fingerprint density at radius 1 is 1.33 bits per heavy atom. The summed E-state index contributed by atoms with van der Waals surface area (Å²) >= 11 is 0. The first kappa shape index (κ1) is 15.4. The SMILES string of the molecule is CCNC(C)(CCN1CCCN(C)CC1)C(=O)O. The van der Waals surface area contributed by atoms with Crippen molar-refractivity contribution < 1.29 is 9.90 Å². The molecule has 0 radical (unpaired) electrons. The lowest BCUT2D eigenvalue weighted by molar-refractivity contribution is -0.144. The van der Waals surface area contributed by atoms with Crippen LogP contribution in [0.2, 0.25) is 0 Å². The number of likely N-dealkylation sites (N-methyl/N-ethyl adjacent to an activating group) is 2. The highest BCUT2D eigenvalue weighted by atomic mass is 16.4. The minimum atomic E-state index is -0.799. The second-order valence-corrected chi connectivity index (χ2v) is 5.42. The number of carboxylic acid groups (broad SMARTS) is 1. The summed E-state index contributed by atoms with van der Waals surface area (Å²) in [5, 5.41) is 12.4. The van der Waals surface area contributed by atoms with Crippen LogP contribution in [0.25, 0.3) is 0 Å². The van der Waals surface area contributed by atoms with E-state index < -0.39 is 11.5 Å². The molecular formula is C13H27N3O2. The highest BCUT2D eigenvalue weighted by Crippen LogP contribution is 2.12. The van der Waals surface area contributed by atoms with Crippen molar-refractivity contribution in [2.45, 2.75) is 32.2 Å². The predicted octanol–water partition coefficient (Wildman–Crippen LogP) is 0.467. The molecule has 0 spiro atoms. The van der Waals surface area contributed by atoms with E-state index in [0.29, 0.717) is 13.0 Å². The molecule has 0 aromatic heterocycles. The van der Waals surface area contributed by atoms with Crippen molar-refractivity contribution in [3.05, 3.63) is 0 Å². The van der Waals surface area contributed by atoms with Crippen LogP contribution >= 0.6 is 0 Å². The summed E-state index contributed by atoms with van der Waals surface area (Å²) in [5.74, 6) is -0.753. The smallest absolute Gasteiger partial charge is 0.323 e. The molecule has 1 atom stereocenters. The highest BCUT2D eigenvalue weighted by Gasteiger charge is 2.32. The Bertz CT molecular complexity index is 273. The van der Waals surface area contributed by atoms with Gasteiger partial charge in [0.15, 0.2) is 0 Å². The predicted molar refractivity (Wildman–Crippen MR) is 72.9 cm³/mol. The average molecular weight is 257 g/mol. The molecule has 1 aliphatic rings. The van der Waals surface area contributed by atoms with Crippen molar-refractivity contribution in [1.82, 2.24) is 15.1 Å². The van der Waals surface area contributed by atoms with Crippen LogP contribution in [0.3, 0.4) is 0 Å².